The highest BCUT2D eigenvalue weighted by molar-refractivity contribution is 9.25. The fraction of sp³-hybridized carbons (Fsp3) is 0.800. The maximum absolute atomic E-state index is 11.7. The van der Waals surface area contributed by atoms with Gasteiger partial charge in [-0.05, 0) is 12.3 Å². The minimum absolute atomic E-state index is 0.0121. The van der Waals surface area contributed by atoms with Gasteiger partial charge in [-0.3, -0.25) is 9.59 Å². The Hall–Kier alpha value is 0.1000. The summed E-state index contributed by atoms with van der Waals surface area (Å²) < 4.78 is 4.56. The van der Waals surface area contributed by atoms with E-state index in [1.807, 2.05) is 13.8 Å². The van der Waals surface area contributed by atoms with Gasteiger partial charge in [-0.2, -0.15) is 0 Å². The molecule has 0 aliphatic heterocycles. The van der Waals surface area contributed by atoms with E-state index in [2.05, 4.69) is 31.9 Å². The smallest absolute Gasteiger partial charge is 0.310 e. The molecule has 0 spiro atoms. The van der Waals surface area contributed by atoms with Crippen LogP contribution in [0.15, 0.2) is 0 Å². The zero-order chi connectivity index (χ0) is 11.8. The first-order valence-electron chi connectivity index (χ1n) is 4.82. The Kier molecular flexibility index (Phi) is 3.98. The van der Waals surface area contributed by atoms with Crippen LogP contribution in [-0.2, 0) is 14.3 Å². The number of ketones is 1. The van der Waals surface area contributed by atoms with Gasteiger partial charge in [0, 0.05) is 5.92 Å². The van der Waals surface area contributed by atoms with E-state index in [-0.39, 0.29) is 32.7 Å². The number of esters is 1. The van der Waals surface area contributed by atoms with Crippen LogP contribution in [0.2, 0.25) is 0 Å². The largest absolute Gasteiger partial charge is 0.466 e. The zero-order valence-corrected chi connectivity index (χ0v) is 12.1. The van der Waals surface area contributed by atoms with E-state index in [4.69, 9.17) is 4.74 Å². The summed E-state index contributed by atoms with van der Waals surface area (Å²) in [7, 11) is 0. The van der Waals surface area contributed by atoms with Crippen molar-refractivity contribution >= 4 is 43.6 Å². The summed E-state index contributed by atoms with van der Waals surface area (Å²) in [4.78, 5) is 23.3. The number of Topliss-reactive ketones (excluding diaryl/α,β-unsaturated/α-hetero) is 1. The average Bonchev–Trinajstić information content (AvgIpc) is 2.68. The van der Waals surface area contributed by atoms with E-state index in [1.165, 1.54) is 0 Å². The highest BCUT2D eigenvalue weighted by atomic mass is 79.9. The number of halogens is 2. The first-order valence-corrected chi connectivity index (χ1v) is 6.65. The van der Waals surface area contributed by atoms with E-state index in [1.54, 1.807) is 6.92 Å². The first-order chi connectivity index (χ1) is 6.84. The Bertz CT molecular complexity index is 286. The Morgan fingerprint density at radius 3 is 2.27 bits per heavy atom. The molecule has 0 aromatic heterocycles. The SMILES string of the molecule is CCOC(=O)[C@@H]1[C@@H](C(=O)C(Br)Br)C1(C)C. The van der Waals surface area contributed by atoms with Crippen molar-refractivity contribution in [3.05, 3.63) is 0 Å². The molecule has 0 amide bonds. The number of carbonyl (C=O) groups is 2. The van der Waals surface area contributed by atoms with Crippen molar-refractivity contribution in [3.63, 3.8) is 0 Å². The Morgan fingerprint density at radius 2 is 1.87 bits per heavy atom. The topological polar surface area (TPSA) is 43.4 Å². The monoisotopic (exact) mass is 340 g/mol. The molecule has 1 aliphatic rings. The van der Waals surface area contributed by atoms with Gasteiger partial charge in [0.2, 0.25) is 0 Å². The van der Waals surface area contributed by atoms with Gasteiger partial charge < -0.3 is 4.74 Å². The molecule has 0 N–H and O–H groups in total. The van der Waals surface area contributed by atoms with Crippen molar-refractivity contribution in [3.8, 4) is 0 Å². The van der Waals surface area contributed by atoms with E-state index in [9.17, 15) is 9.59 Å². The van der Waals surface area contributed by atoms with Gasteiger partial charge in [0.25, 0.3) is 0 Å². The van der Waals surface area contributed by atoms with Gasteiger partial charge in [0.05, 0.1) is 12.5 Å². The molecular formula is C10H14Br2O3. The molecule has 0 heterocycles. The summed E-state index contributed by atoms with van der Waals surface area (Å²) >= 11 is 6.33. The fourth-order valence-electron chi connectivity index (χ4n) is 1.98. The zero-order valence-electron chi connectivity index (χ0n) is 8.92. The maximum atomic E-state index is 11.7. The molecule has 3 nitrogen and oxygen atoms in total. The predicted octanol–water partition coefficient (Wildman–Crippen LogP) is 2.51. The highest BCUT2D eigenvalue weighted by Crippen LogP contribution is 2.60. The van der Waals surface area contributed by atoms with Crippen LogP contribution >= 0.6 is 31.9 Å². The molecule has 5 heteroatoms. The summed E-state index contributed by atoms with van der Waals surface area (Å²) in [6.45, 7) is 5.96. The third-order valence-corrected chi connectivity index (χ3v) is 3.79. The fourth-order valence-corrected chi connectivity index (χ4v) is 2.55. The van der Waals surface area contributed by atoms with E-state index < -0.39 is 0 Å². The number of hydrogen-bond acceptors (Lipinski definition) is 3. The van der Waals surface area contributed by atoms with Crippen molar-refractivity contribution in [2.45, 2.75) is 24.5 Å². The van der Waals surface area contributed by atoms with Crippen LogP contribution in [0.1, 0.15) is 20.8 Å². The summed E-state index contributed by atoms with van der Waals surface area (Å²) in [5.41, 5.74) is -0.275. The molecule has 1 aliphatic carbocycles. The number of ether oxygens (including phenoxy) is 1. The summed E-state index contributed by atoms with van der Waals surface area (Å²) in [6, 6.07) is 0. The third-order valence-electron chi connectivity index (χ3n) is 2.89. The first kappa shape index (κ1) is 13.2. The number of hydrogen-bond donors (Lipinski definition) is 0. The van der Waals surface area contributed by atoms with Crippen molar-refractivity contribution in [1.29, 1.82) is 0 Å². The lowest BCUT2D eigenvalue weighted by molar-refractivity contribution is -0.146. The van der Waals surface area contributed by atoms with Gasteiger partial charge in [0.15, 0.2) is 5.78 Å². The molecule has 1 rings (SSSR count). The van der Waals surface area contributed by atoms with E-state index >= 15 is 0 Å². The second-order valence-corrected chi connectivity index (χ2v) is 7.29. The van der Waals surface area contributed by atoms with Crippen molar-refractivity contribution in [2.24, 2.45) is 17.3 Å². The molecule has 0 saturated heterocycles. The van der Waals surface area contributed by atoms with Crippen molar-refractivity contribution in [2.75, 3.05) is 6.61 Å². The van der Waals surface area contributed by atoms with Gasteiger partial charge >= 0.3 is 5.97 Å². The standard InChI is InChI=1S/C10H14Br2O3/c1-4-15-9(14)6-5(10(6,2)3)7(13)8(11)12/h5-6,8H,4H2,1-3H3/t5-,6-/m0/s1. The molecule has 1 saturated carbocycles. The average molecular weight is 342 g/mol. The van der Waals surface area contributed by atoms with Crippen LogP contribution in [0.3, 0.4) is 0 Å². The Morgan fingerprint density at radius 1 is 1.33 bits per heavy atom. The van der Waals surface area contributed by atoms with E-state index in [0.717, 1.165) is 0 Å². The van der Waals surface area contributed by atoms with E-state index in [0.29, 0.717) is 6.61 Å². The Labute approximate surface area is 106 Å². The molecule has 0 unspecified atom stereocenters. The molecule has 86 valence electrons. The summed E-state index contributed by atoms with van der Waals surface area (Å²) in [6.07, 6.45) is 0. The summed E-state index contributed by atoms with van der Waals surface area (Å²) in [5, 5.41) is 0. The molecule has 15 heavy (non-hydrogen) atoms. The Balaban J connectivity index is 2.71. The lowest BCUT2D eigenvalue weighted by Crippen LogP contribution is -2.15. The van der Waals surface area contributed by atoms with Gasteiger partial charge in [0.1, 0.15) is 3.74 Å². The minimum atomic E-state index is -0.381. The highest BCUT2D eigenvalue weighted by Gasteiger charge is 2.66. The number of alkyl halides is 2. The number of rotatable bonds is 4. The van der Waals surface area contributed by atoms with Crippen LogP contribution < -0.4 is 0 Å². The van der Waals surface area contributed by atoms with Gasteiger partial charge in [-0.25, -0.2) is 0 Å². The normalized spacial score (nSPS) is 27.6. The number of carbonyl (C=O) groups excluding carboxylic acids is 2. The minimum Gasteiger partial charge on any atom is -0.466 e. The van der Waals surface area contributed by atoms with Gasteiger partial charge in [-0.15, -0.1) is 0 Å². The maximum Gasteiger partial charge on any atom is 0.310 e. The van der Waals surface area contributed by atoms with Crippen LogP contribution in [0.5, 0.6) is 0 Å². The van der Waals surface area contributed by atoms with Crippen LogP contribution in [0, 0.1) is 17.3 Å². The lowest BCUT2D eigenvalue weighted by atomic mass is 10.1. The van der Waals surface area contributed by atoms with Crippen molar-refractivity contribution in [1.82, 2.24) is 0 Å². The lowest BCUT2D eigenvalue weighted by Gasteiger charge is -2.01. The second-order valence-electron chi connectivity index (χ2n) is 4.23. The summed E-state index contributed by atoms with van der Waals surface area (Å²) in [5.74, 6) is -0.776. The van der Waals surface area contributed by atoms with Crippen LogP contribution in [-0.4, -0.2) is 22.1 Å². The molecule has 0 aromatic rings. The van der Waals surface area contributed by atoms with Crippen molar-refractivity contribution < 1.29 is 14.3 Å². The second kappa shape index (κ2) is 4.53. The quantitative estimate of drug-likeness (QED) is 0.583. The molecule has 1 fully saturated rings. The van der Waals surface area contributed by atoms with Gasteiger partial charge in [-0.1, -0.05) is 45.7 Å². The van der Waals surface area contributed by atoms with Crippen LogP contribution in [0.4, 0.5) is 0 Å². The predicted molar refractivity (Wildman–Crippen MR) is 64.0 cm³/mol. The van der Waals surface area contributed by atoms with Crippen LogP contribution in [0.25, 0.3) is 0 Å². The molecule has 0 aromatic carbocycles. The molecule has 0 radical (unpaired) electrons. The molecule has 2 atom stereocenters. The third kappa shape index (κ3) is 2.44. The molecular weight excluding hydrogens is 328 g/mol. The molecule has 0 bridgehead atoms.